The normalized spacial score (nSPS) is 11.2. The van der Waals surface area contributed by atoms with Gasteiger partial charge in [0, 0.05) is 16.6 Å². The van der Waals surface area contributed by atoms with Crippen LogP contribution in [-0.4, -0.2) is 20.6 Å². The molecule has 0 unspecified atom stereocenters. The molecule has 0 bridgehead atoms. The summed E-state index contributed by atoms with van der Waals surface area (Å²) in [6.07, 6.45) is -0.131. The molecule has 0 saturated carbocycles. The van der Waals surface area contributed by atoms with E-state index in [1.165, 1.54) is 15.9 Å². The van der Waals surface area contributed by atoms with Crippen LogP contribution in [0.4, 0.5) is 0 Å². The number of hydrogen-bond donors (Lipinski definition) is 2. The number of H-pyrrole nitrogens is 1. The van der Waals surface area contributed by atoms with Crippen LogP contribution in [0.2, 0.25) is 0 Å². The van der Waals surface area contributed by atoms with Crippen LogP contribution in [0.1, 0.15) is 6.42 Å². The lowest BCUT2D eigenvalue weighted by Gasteiger charge is -2.04. The lowest BCUT2D eigenvalue weighted by molar-refractivity contribution is -0.137. The topological polar surface area (TPSA) is 75.1 Å². The van der Waals surface area contributed by atoms with E-state index < -0.39 is 5.97 Å². The standard InChI is InChI=1S/C13H10N2O3S2/c16-9(17)5-6-15-12(18)11-10(14-13(15)19)7-3-1-2-4-8(7)20-11/h1-4H,5-6H2,(H,14,19)(H,16,17). The van der Waals surface area contributed by atoms with Gasteiger partial charge in [0.25, 0.3) is 5.56 Å². The zero-order valence-electron chi connectivity index (χ0n) is 10.3. The highest BCUT2D eigenvalue weighted by Gasteiger charge is 2.12. The number of aromatic amines is 1. The lowest BCUT2D eigenvalue weighted by Crippen LogP contribution is -2.22. The van der Waals surface area contributed by atoms with Gasteiger partial charge in [-0.25, -0.2) is 0 Å². The van der Waals surface area contributed by atoms with Crippen LogP contribution < -0.4 is 5.56 Å². The predicted octanol–water partition coefficient (Wildman–Crippen LogP) is 2.75. The second-order valence-electron chi connectivity index (χ2n) is 4.33. The number of thiophene rings is 1. The van der Waals surface area contributed by atoms with Crippen LogP contribution in [0.5, 0.6) is 0 Å². The van der Waals surface area contributed by atoms with Crippen LogP contribution in [0.15, 0.2) is 29.1 Å². The number of fused-ring (bicyclic) bond motifs is 3. The summed E-state index contributed by atoms with van der Waals surface area (Å²) in [5, 5.41) is 9.69. The van der Waals surface area contributed by atoms with Crippen LogP contribution in [0.3, 0.4) is 0 Å². The van der Waals surface area contributed by atoms with E-state index >= 15 is 0 Å². The molecule has 3 aromatic rings. The predicted molar refractivity (Wildman–Crippen MR) is 81.0 cm³/mol. The van der Waals surface area contributed by atoms with Gasteiger partial charge < -0.3 is 10.1 Å². The van der Waals surface area contributed by atoms with Gasteiger partial charge in [-0.3, -0.25) is 14.2 Å². The fourth-order valence-electron chi connectivity index (χ4n) is 2.12. The third-order valence-electron chi connectivity index (χ3n) is 3.06. The molecule has 0 aliphatic carbocycles. The first-order chi connectivity index (χ1) is 9.58. The van der Waals surface area contributed by atoms with E-state index in [4.69, 9.17) is 17.3 Å². The van der Waals surface area contributed by atoms with Gasteiger partial charge in [0.2, 0.25) is 0 Å². The minimum Gasteiger partial charge on any atom is -0.481 e. The van der Waals surface area contributed by atoms with Crippen LogP contribution in [-0.2, 0) is 11.3 Å². The largest absolute Gasteiger partial charge is 0.481 e. The lowest BCUT2D eigenvalue weighted by atomic mass is 10.2. The Bertz CT molecular complexity index is 936. The number of aliphatic carboxylic acids is 1. The number of carbonyl (C=O) groups is 1. The summed E-state index contributed by atoms with van der Waals surface area (Å²) in [6, 6.07) is 7.69. The van der Waals surface area contributed by atoms with E-state index in [9.17, 15) is 9.59 Å². The summed E-state index contributed by atoms with van der Waals surface area (Å²) in [6.45, 7) is 0.0771. The van der Waals surface area contributed by atoms with Crippen molar-refractivity contribution in [3.8, 4) is 0 Å². The highest BCUT2D eigenvalue weighted by Crippen LogP contribution is 2.29. The summed E-state index contributed by atoms with van der Waals surface area (Å²) in [7, 11) is 0. The maximum Gasteiger partial charge on any atom is 0.305 e. The molecule has 2 aromatic heterocycles. The summed E-state index contributed by atoms with van der Waals surface area (Å²) in [5.41, 5.74) is 0.498. The van der Waals surface area contributed by atoms with Crippen molar-refractivity contribution in [2.45, 2.75) is 13.0 Å². The maximum atomic E-state index is 12.4. The molecule has 0 radical (unpaired) electrons. The van der Waals surface area contributed by atoms with Gasteiger partial charge in [-0.05, 0) is 18.3 Å². The number of carboxylic acid groups (broad SMARTS) is 1. The Hall–Kier alpha value is -1.99. The molecule has 2 heterocycles. The molecule has 102 valence electrons. The number of rotatable bonds is 3. The molecule has 0 saturated heterocycles. The number of nitrogens with zero attached hydrogens (tertiary/aromatic N) is 1. The van der Waals surface area contributed by atoms with Gasteiger partial charge in [0.15, 0.2) is 4.77 Å². The van der Waals surface area contributed by atoms with E-state index in [1.54, 1.807) is 0 Å². The number of aromatic nitrogens is 2. The quantitative estimate of drug-likeness (QED) is 0.730. The number of carboxylic acids is 1. The molecule has 5 nitrogen and oxygen atoms in total. The van der Waals surface area contributed by atoms with Crippen molar-refractivity contribution >= 4 is 49.8 Å². The molecule has 0 atom stereocenters. The van der Waals surface area contributed by atoms with E-state index in [0.29, 0.717) is 4.70 Å². The van der Waals surface area contributed by atoms with Crippen molar-refractivity contribution in [1.29, 1.82) is 0 Å². The molecule has 3 rings (SSSR count). The van der Waals surface area contributed by atoms with Crippen LogP contribution in [0.25, 0.3) is 20.3 Å². The average Bonchev–Trinajstić information content (AvgIpc) is 2.77. The number of benzene rings is 1. The Balaban J connectivity index is 2.30. The third kappa shape index (κ3) is 2.04. The van der Waals surface area contributed by atoms with E-state index in [1.807, 2.05) is 24.3 Å². The minimum atomic E-state index is -0.956. The molecule has 0 spiro atoms. The average molecular weight is 306 g/mol. The molecule has 0 fully saturated rings. The van der Waals surface area contributed by atoms with Crippen LogP contribution in [0, 0.1) is 4.77 Å². The molecular weight excluding hydrogens is 296 g/mol. The Morgan fingerprint density at radius 3 is 2.90 bits per heavy atom. The molecule has 0 amide bonds. The molecule has 0 aliphatic rings. The fraction of sp³-hybridized carbons (Fsp3) is 0.154. The van der Waals surface area contributed by atoms with Gasteiger partial charge in [-0.15, -0.1) is 11.3 Å². The first-order valence-electron chi connectivity index (χ1n) is 5.94. The molecular formula is C13H10N2O3S2. The molecule has 20 heavy (non-hydrogen) atoms. The number of hydrogen-bond acceptors (Lipinski definition) is 4. The SMILES string of the molecule is O=C(O)CCn1c(=S)[nH]c2c(sc3ccccc32)c1=O. The molecule has 1 aromatic carbocycles. The molecule has 7 heteroatoms. The minimum absolute atomic E-state index is 0.0771. The van der Waals surface area contributed by atoms with Gasteiger partial charge in [-0.1, -0.05) is 18.2 Å². The highest BCUT2D eigenvalue weighted by atomic mass is 32.1. The Morgan fingerprint density at radius 1 is 1.40 bits per heavy atom. The highest BCUT2D eigenvalue weighted by molar-refractivity contribution is 7.71. The summed E-state index contributed by atoms with van der Waals surface area (Å²) < 4.78 is 3.14. The first-order valence-corrected chi connectivity index (χ1v) is 7.16. The number of nitrogens with one attached hydrogen (secondary N) is 1. The van der Waals surface area contributed by atoms with Crippen molar-refractivity contribution in [2.75, 3.05) is 0 Å². The van der Waals surface area contributed by atoms with Crippen molar-refractivity contribution in [1.82, 2.24) is 9.55 Å². The maximum absolute atomic E-state index is 12.4. The van der Waals surface area contributed by atoms with Crippen molar-refractivity contribution in [2.24, 2.45) is 0 Å². The summed E-state index contributed by atoms with van der Waals surface area (Å²) >= 11 is 6.55. The summed E-state index contributed by atoms with van der Waals surface area (Å²) in [5.74, 6) is -0.956. The zero-order chi connectivity index (χ0) is 14.3. The van der Waals surface area contributed by atoms with Crippen molar-refractivity contribution in [3.05, 3.63) is 39.4 Å². The second kappa shape index (κ2) is 4.84. The van der Waals surface area contributed by atoms with Gasteiger partial charge in [0.05, 0.1) is 11.9 Å². The fourth-order valence-corrected chi connectivity index (χ4v) is 3.50. The molecule has 0 aliphatic heterocycles. The Kier molecular flexibility index (Phi) is 3.15. The van der Waals surface area contributed by atoms with E-state index in [-0.39, 0.29) is 23.3 Å². The van der Waals surface area contributed by atoms with E-state index in [2.05, 4.69) is 4.98 Å². The van der Waals surface area contributed by atoms with Gasteiger partial charge in [-0.2, -0.15) is 0 Å². The second-order valence-corrected chi connectivity index (χ2v) is 5.77. The van der Waals surface area contributed by atoms with Crippen molar-refractivity contribution < 1.29 is 9.90 Å². The van der Waals surface area contributed by atoms with Crippen LogP contribution >= 0.6 is 23.6 Å². The molecule has 2 N–H and O–H groups in total. The first kappa shape index (κ1) is 13.0. The Morgan fingerprint density at radius 2 is 2.15 bits per heavy atom. The zero-order valence-corrected chi connectivity index (χ0v) is 11.9. The van der Waals surface area contributed by atoms with E-state index in [0.717, 1.165) is 15.6 Å². The van der Waals surface area contributed by atoms with Crippen molar-refractivity contribution in [3.63, 3.8) is 0 Å². The Labute approximate surface area is 122 Å². The smallest absolute Gasteiger partial charge is 0.305 e. The third-order valence-corrected chi connectivity index (χ3v) is 4.54. The van der Waals surface area contributed by atoms with Gasteiger partial charge >= 0.3 is 5.97 Å². The summed E-state index contributed by atoms with van der Waals surface area (Å²) in [4.78, 5) is 26.1. The monoisotopic (exact) mass is 306 g/mol. The van der Waals surface area contributed by atoms with Gasteiger partial charge in [0.1, 0.15) is 4.70 Å².